The van der Waals surface area contributed by atoms with Crippen LogP contribution in [0.15, 0.2) is 102 Å². The van der Waals surface area contributed by atoms with Crippen LogP contribution in [0.2, 0.25) is 0 Å². The Kier molecular flexibility index (Phi) is 5.58. The van der Waals surface area contributed by atoms with Crippen LogP contribution in [-0.4, -0.2) is 27.1 Å². The van der Waals surface area contributed by atoms with Gasteiger partial charge >= 0.3 is 5.97 Å². The lowest BCUT2D eigenvalue weighted by Crippen LogP contribution is -1.99. The van der Waals surface area contributed by atoms with E-state index in [1.54, 1.807) is 35.2 Å². The number of hydrazone groups is 1. The molecule has 6 nitrogen and oxygen atoms in total. The van der Waals surface area contributed by atoms with Crippen molar-refractivity contribution in [2.24, 2.45) is 5.10 Å². The van der Waals surface area contributed by atoms with Crippen molar-refractivity contribution >= 4 is 28.6 Å². The number of nitrogens with zero attached hydrogens (tertiary/aromatic N) is 3. The molecule has 2 N–H and O–H groups in total. The lowest BCUT2D eigenvalue weighted by molar-refractivity contribution is 0.0697. The summed E-state index contributed by atoms with van der Waals surface area (Å²) in [5.74, 6) is -1.34. The Labute approximate surface area is 194 Å². The monoisotopic (exact) mass is 450 g/mol. The first-order valence-corrected chi connectivity index (χ1v) is 10.5. The molecular weight excluding hydrogens is 431 g/mol. The summed E-state index contributed by atoms with van der Waals surface area (Å²) in [5, 5.41) is 20.4. The van der Waals surface area contributed by atoms with Gasteiger partial charge < -0.3 is 5.11 Å². The largest absolute Gasteiger partial charge is 0.478 e. The van der Waals surface area contributed by atoms with Crippen molar-refractivity contribution in [3.63, 3.8) is 0 Å². The van der Waals surface area contributed by atoms with Crippen LogP contribution in [0, 0.1) is 5.82 Å². The SMILES string of the molecule is O=C(O)c1ccc(-n2cc(/C=N/Nc3cccc(F)c3)c(-c3ccc4ccccc4c3)n2)cc1. The molecule has 5 aromatic rings. The van der Waals surface area contributed by atoms with E-state index >= 15 is 0 Å². The van der Waals surface area contributed by atoms with Crippen molar-refractivity contribution in [2.75, 3.05) is 5.43 Å². The average molecular weight is 450 g/mol. The maximum absolute atomic E-state index is 13.5. The van der Waals surface area contributed by atoms with E-state index in [1.807, 2.05) is 42.6 Å². The molecule has 0 amide bonds. The number of fused-ring (bicyclic) bond motifs is 1. The highest BCUT2D eigenvalue weighted by Gasteiger charge is 2.12. The van der Waals surface area contributed by atoms with Gasteiger partial charge in [0, 0.05) is 17.3 Å². The van der Waals surface area contributed by atoms with Crippen molar-refractivity contribution in [1.82, 2.24) is 9.78 Å². The van der Waals surface area contributed by atoms with Crippen molar-refractivity contribution < 1.29 is 14.3 Å². The number of hydrogen-bond donors (Lipinski definition) is 2. The fourth-order valence-electron chi connectivity index (χ4n) is 3.67. The number of hydrogen-bond acceptors (Lipinski definition) is 4. The van der Waals surface area contributed by atoms with Gasteiger partial charge in [-0.15, -0.1) is 0 Å². The molecule has 34 heavy (non-hydrogen) atoms. The second-order valence-corrected chi connectivity index (χ2v) is 7.67. The predicted octanol–water partition coefficient (Wildman–Crippen LogP) is 5.98. The van der Waals surface area contributed by atoms with Gasteiger partial charge in [-0.05, 0) is 59.3 Å². The molecule has 0 spiro atoms. The lowest BCUT2D eigenvalue weighted by atomic mass is 10.0. The summed E-state index contributed by atoms with van der Waals surface area (Å²) in [5.41, 5.74) is 6.63. The van der Waals surface area contributed by atoms with E-state index < -0.39 is 5.97 Å². The second kappa shape index (κ2) is 8.99. The molecule has 0 saturated heterocycles. The minimum absolute atomic E-state index is 0.201. The summed E-state index contributed by atoms with van der Waals surface area (Å²) in [6.45, 7) is 0. The third kappa shape index (κ3) is 4.40. The van der Waals surface area contributed by atoms with Gasteiger partial charge in [-0.1, -0.05) is 42.5 Å². The molecule has 0 aliphatic rings. The van der Waals surface area contributed by atoms with Crippen LogP contribution >= 0.6 is 0 Å². The van der Waals surface area contributed by atoms with Gasteiger partial charge in [-0.2, -0.15) is 10.2 Å². The van der Waals surface area contributed by atoms with E-state index in [-0.39, 0.29) is 11.4 Å². The highest BCUT2D eigenvalue weighted by atomic mass is 19.1. The lowest BCUT2D eigenvalue weighted by Gasteiger charge is -2.03. The van der Waals surface area contributed by atoms with Crippen LogP contribution in [0.4, 0.5) is 10.1 Å². The number of nitrogens with one attached hydrogen (secondary N) is 1. The summed E-state index contributed by atoms with van der Waals surface area (Å²) < 4.78 is 15.1. The van der Waals surface area contributed by atoms with Crippen molar-refractivity contribution in [1.29, 1.82) is 0 Å². The number of aromatic carboxylic acids is 1. The fraction of sp³-hybridized carbons (Fsp3) is 0. The Morgan fingerprint density at radius 2 is 1.74 bits per heavy atom. The summed E-state index contributed by atoms with van der Waals surface area (Å²) in [6, 6.07) is 26.7. The standard InChI is InChI=1S/C27H19FN4O2/c28-23-6-3-7-24(15-23)30-29-16-22-17-32(25-12-10-19(11-13-25)27(33)34)31-26(22)21-9-8-18-4-1-2-5-20(18)14-21/h1-17,30H,(H,33,34)/b29-16+. The molecule has 4 aromatic carbocycles. The third-order valence-electron chi connectivity index (χ3n) is 5.37. The molecule has 0 bridgehead atoms. The summed E-state index contributed by atoms with van der Waals surface area (Å²) in [4.78, 5) is 11.2. The van der Waals surface area contributed by atoms with Crippen LogP contribution in [0.3, 0.4) is 0 Å². The molecule has 0 saturated carbocycles. The van der Waals surface area contributed by atoms with Crippen LogP contribution in [0.1, 0.15) is 15.9 Å². The van der Waals surface area contributed by atoms with E-state index in [1.165, 1.54) is 24.3 Å². The Balaban J connectivity index is 1.54. The van der Waals surface area contributed by atoms with Crippen molar-refractivity contribution in [3.05, 3.63) is 114 Å². The van der Waals surface area contributed by atoms with Gasteiger partial charge in [0.15, 0.2) is 0 Å². The number of aromatic nitrogens is 2. The zero-order valence-electron chi connectivity index (χ0n) is 17.9. The summed E-state index contributed by atoms with van der Waals surface area (Å²) in [6.07, 6.45) is 3.45. The van der Waals surface area contributed by atoms with Crippen LogP contribution in [0.25, 0.3) is 27.7 Å². The Morgan fingerprint density at radius 3 is 2.50 bits per heavy atom. The van der Waals surface area contributed by atoms with Gasteiger partial charge in [-0.3, -0.25) is 5.43 Å². The molecule has 1 heterocycles. The number of halogens is 1. The average Bonchev–Trinajstić information content (AvgIpc) is 3.28. The predicted molar refractivity (Wildman–Crippen MR) is 131 cm³/mol. The topological polar surface area (TPSA) is 79.5 Å². The molecule has 0 fully saturated rings. The van der Waals surface area contributed by atoms with Crippen LogP contribution < -0.4 is 5.43 Å². The van der Waals surface area contributed by atoms with E-state index in [2.05, 4.69) is 16.6 Å². The number of rotatable bonds is 6. The van der Waals surface area contributed by atoms with E-state index in [9.17, 15) is 9.18 Å². The van der Waals surface area contributed by atoms with E-state index in [4.69, 9.17) is 10.2 Å². The molecular formula is C27H19FN4O2. The van der Waals surface area contributed by atoms with Gasteiger partial charge in [0.05, 0.1) is 23.2 Å². The summed E-state index contributed by atoms with van der Waals surface area (Å²) >= 11 is 0. The number of carbonyl (C=O) groups is 1. The molecule has 0 radical (unpaired) electrons. The molecule has 7 heteroatoms. The zero-order chi connectivity index (χ0) is 23.5. The normalized spacial score (nSPS) is 11.2. The van der Waals surface area contributed by atoms with Gasteiger partial charge in [0.2, 0.25) is 0 Å². The van der Waals surface area contributed by atoms with Gasteiger partial charge in [0.25, 0.3) is 0 Å². The summed E-state index contributed by atoms with van der Waals surface area (Å²) in [7, 11) is 0. The van der Waals surface area contributed by atoms with E-state index in [0.29, 0.717) is 17.1 Å². The van der Waals surface area contributed by atoms with Crippen molar-refractivity contribution in [2.45, 2.75) is 0 Å². The third-order valence-corrected chi connectivity index (χ3v) is 5.37. The Hall–Kier alpha value is -4.78. The van der Waals surface area contributed by atoms with Gasteiger partial charge in [0.1, 0.15) is 11.5 Å². The molecule has 0 unspecified atom stereocenters. The smallest absolute Gasteiger partial charge is 0.335 e. The Morgan fingerprint density at radius 1 is 0.941 bits per heavy atom. The molecule has 5 rings (SSSR count). The van der Waals surface area contributed by atoms with Gasteiger partial charge in [-0.25, -0.2) is 13.9 Å². The fourth-order valence-corrected chi connectivity index (χ4v) is 3.67. The second-order valence-electron chi connectivity index (χ2n) is 7.67. The maximum Gasteiger partial charge on any atom is 0.335 e. The first-order valence-electron chi connectivity index (χ1n) is 10.5. The molecule has 1 aromatic heterocycles. The minimum Gasteiger partial charge on any atom is -0.478 e. The number of carboxylic acids is 1. The molecule has 166 valence electrons. The highest BCUT2D eigenvalue weighted by Crippen LogP contribution is 2.27. The number of anilines is 1. The van der Waals surface area contributed by atoms with Crippen molar-refractivity contribution in [3.8, 4) is 16.9 Å². The maximum atomic E-state index is 13.5. The highest BCUT2D eigenvalue weighted by molar-refractivity contribution is 5.93. The number of benzene rings is 4. The van der Waals surface area contributed by atoms with Crippen LogP contribution in [-0.2, 0) is 0 Å². The molecule has 0 atom stereocenters. The van der Waals surface area contributed by atoms with E-state index in [0.717, 1.165) is 21.9 Å². The quantitative estimate of drug-likeness (QED) is 0.247. The van der Waals surface area contributed by atoms with Crippen LogP contribution in [0.5, 0.6) is 0 Å². The minimum atomic E-state index is -0.986. The first-order chi connectivity index (χ1) is 16.6. The molecule has 0 aliphatic carbocycles. The molecule has 0 aliphatic heterocycles. The first kappa shape index (κ1) is 21.1. The zero-order valence-corrected chi connectivity index (χ0v) is 17.9. The Bertz CT molecular complexity index is 1520. The number of carboxylic acid groups (broad SMARTS) is 1.